The van der Waals surface area contributed by atoms with E-state index in [4.69, 9.17) is 9.15 Å². The van der Waals surface area contributed by atoms with Crippen LogP contribution in [0.2, 0.25) is 0 Å². The van der Waals surface area contributed by atoms with Crippen LogP contribution in [-0.4, -0.2) is 15.6 Å². The van der Waals surface area contributed by atoms with E-state index in [0.29, 0.717) is 23.8 Å². The fraction of sp³-hybridized carbons (Fsp3) is 0.158. The Bertz CT molecular complexity index is 874. The number of carbonyl (C=O) groups is 1. The van der Waals surface area contributed by atoms with Crippen molar-refractivity contribution in [3.05, 3.63) is 77.5 Å². The van der Waals surface area contributed by atoms with Gasteiger partial charge in [-0.25, -0.2) is 0 Å². The SMILES string of the molecule is Cc1ccccc1OCc1ccc(/C=C/C(=O)c2ccn(C)n2)o1. The summed E-state index contributed by atoms with van der Waals surface area (Å²) in [6.45, 7) is 2.34. The molecule has 3 aromatic rings. The summed E-state index contributed by atoms with van der Waals surface area (Å²) in [7, 11) is 1.77. The lowest BCUT2D eigenvalue weighted by Crippen LogP contribution is -1.97. The molecule has 3 rings (SSSR count). The van der Waals surface area contributed by atoms with E-state index in [0.717, 1.165) is 11.3 Å². The van der Waals surface area contributed by atoms with Gasteiger partial charge in [0.15, 0.2) is 0 Å². The van der Waals surface area contributed by atoms with Crippen LogP contribution in [0.25, 0.3) is 6.08 Å². The molecular weight excluding hydrogens is 304 g/mol. The smallest absolute Gasteiger partial charge is 0.206 e. The number of aryl methyl sites for hydroxylation is 2. The molecule has 122 valence electrons. The highest BCUT2D eigenvalue weighted by Crippen LogP contribution is 2.19. The third-order valence-electron chi connectivity index (χ3n) is 3.51. The molecule has 0 amide bonds. The Morgan fingerprint density at radius 2 is 2.08 bits per heavy atom. The van der Waals surface area contributed by atoms with Gasteiger partial charge in [0.2, 0.25) is 5.78 Å². The van der Waals surface area contributed by atoms with Crippen molar-refractivity contribution in [2.45, 2.75) is 13.5 Å². The summed E-state index contributed by atoms with van der Waals surface area (Å²) in [4.78, 5) is 12.0. The van der Waals surface area contributed by atoms with Gasteiger partial charge in [-0.1, -0.05) is 18.2 Å². The van der Waals surface area contributed by atoms with E-state index in [1.807, 2.05) is 37.3 Å². The van der Waals surface area contributed by atoms with Crippen molar-refractivity contribution >= 4 is 11.9 Å². The molecule has 0 spiro atoms. The highest BCUT2D eigenvalue weighted by atomic mass is 16.5. The molecule has 0 unspecified atom stereocenters. The first-order chi connectivity index (χ1) is 11.6. The van der Waals surface area contributed by atoms with Crippen molar-refractivity contribution in [1.29, 1.82) is 0 Å². The van der Waals surface area contributed by atoms with Crippen molar-refractivity contribution in [1.82, 2.24) is 9.78 Å². The number of benzene rings is 1. The van der Waals surface area contributed by atoms with Crippen molar-refractivity contribution < 1.29 is 13.9 Å². The molecule has 0 N–H and O–H groups in total. The van der Waals surface area contributed by atoms with Gasteiger partial charge in [0.25, 0.3) is 0 Å². The molecule has 0 radical (unpaired) electrons. The van der Waals surface area contributed by atoms with E-state index in [1.54, 1.807) is 36.1 Å². The lowest BCUT2D eigenvalue weighted by Gasteiger charge is -2.06. The minimum atomic E-state index is -0.162. The minimum Gasteiger partial charge on any atom is -0.485 e. The third-order valence-corrected chi connectivity index (χ3v) is 3.51. The average molecular weight is 322 g/mol. The fourth-order valence-electron chi connectivity index (χ4n) is 2.22. The fourth-order valence-corrected chi connectivity index (χ4v) is 2.22. The van der Waals surface area contributed by atoms with Crippen molar-refractivity contribution in [3.63, 3.8) is 0 Å². The number of aromatic nitrogens is 2. The van der Waals surface area contributed by atoms with Crippen molar-refractivity contribution in [3.8, 4) is 5.75 Å². The molecule has 1 aromatic carbocycles. The molecule has 5 nitrogen and oxygen atoms in total. The van der Waals surface area contributed by atoms with Crippen LogP contribution in [0, 0.1) is 6.92 Å². The van der Waals surface area contributed by atoms with Crippen molar-refractivity contribution in [2.75, 3.05) is 0 Å². The molecule has 24 heavy (non-hydrogen) atoms. The summed E-state index contributed by atoms with van der Waals surface area (Å²) in [5.74, 6) is 1.96. The number of furan rings is 1. The van der Waals surface area contributed by atoms with E-state index in [-0.39, 0.29) is 5.78 Å². The molecule has 5 heteroatoms. The second kappa shape index (κ2) is 7.00. The highest BCUT2D eigenvalue weighted by molar-refractivity contribution is 6.05. The number of hydrogen-bond donors (Lipinski definition) is 0. The molecule has 0 aliphatic heterocycles. The third kappa shape index (κ3) is 3.81. The normalized spacial score (nSPS) is 11.1. The van der Waals surface area contributed by atoms with E-state index in [2.05, 4.69) is 5.10 Å². The van der Waals surface area contributed by atoms with Crippen LogP contribution in [0.1, 0.15) is 27.6 Å². The van der Waals surface area contributed by atoms with E-state index in [1.165, 1.54) is 6.08 Å². The Morgan fingerprint density at radius 1 is 1.25 bits per heavy atom. The molecule has 2 aromatic heterocycles. The van der Waals surface area contributed by atoms with Gasteiger partial charge in [0, 0.05) is 13.2 Å². The Hall–Kier alpha value is -3.08. The lowest BCUT2D eigenvalue weighted by molar-refractivity contribution is 0.104. The molecule has 0 saturated heterocycles. The largest absolute Gasteiger partial charge is 0.485 e. The summed E-state index contributed by atoms with van der Waals surface area (Å²) in [5, 5.41) is 4.06. The molecular formula is C19H18N2O3. The molecule has 0 fully saturated rings. The number of ketones is 1. The predicted molar refractivity (Wildman–Crippen MR) is 90.8 cm³/mol. The van der Waals surface area contributed by atoms with Crippen LogP contribution in [0.5, 0.6) is 5.75 Å². The molecule has 0 saturated carbocycles. The average Bonchev–Trinajstić information content (AvgIpc) is 3.21. The molecule has 2 heterocycles. The quantitative estimate of drug-likeness (QED) is 0.512. The van der Waals surface area contributed by atoms with E-state index >= 15 is 0 Å². The lowest BCUT2D eigenvalue weighted by atomic mass is 10.2. The van der Waals surface area contributed by atoms with E-state index < -0.39 is 0 Å². The number of rotatable bonds is 6. The van der Waals surface area contributed by atoms with Crippen LogP contribution in [0.15, 0.2) is 59.2 Å². The van der Waals surface area contributed by atoms with Gasteiger partial charge in [-0.3, -0.25) is 9.48 Å². The van der Waals surface area contributed by atoms with Gasteiger partial charge in [-0.2, -0.15) is 5.10 Å². The highest BCUT2D eigenvalue weighted by Gasteiger charge is 2.06. The Labute approximate surface area is 140 Å². The number of allylic oxidation sites excluding steroid dienone is 1. The second-order valence-corrected chi connectivity index (χ2v) is 5.43. The minimum absolute atomic E-state index is 0.162. The summed E-state index contributed by atoms with van der Waals surface area (Å²) in [6, 6.07) is 13.1. The van der Waals surface area contributed by atoms with Gasteiger partial charge in [0.05, 0.1) is 0 Å². The summed E-state index contributed by atoms with van der Waals surface area (Å²) in [6.07, 6.45) is 4.82. The molecule has 0 aliphatic carbocycles. The molecule has 0 bridgehead atoms. The number of hydrogen-bond acceptors (Lipinski definition) is 4. The van der Waals surface area contributed by atoms with Gasteiger partial charge in [0.1, 0.15) is 29.6 Å². The first-order valence-electron chi connectivity index (χ1n) is 7.61. The van der Waals surface area contributed by atoms with Crippen LogP contribution in [0.3, 0.4) is 0 Å². The zero-order valence-electron chi connectivity index (χ0n) is 13.6. The first-order valence-corrected chi connectivity index (χ1v) is 7.61. The topological polar surface area (TPSA) is 57.3 Å². The maximum absolute atomic E-state index is 12.0. The maximum Gasteiger partial charge on any atom is 0.206 e. The Morgan fingerprint density at radius 3 is 2.83 bits per heavy atom. The van der Waals surface area contributed by atoms with Gasteiger partial charge >= 0.3 is 0 Å². The summed E-state index contributed by atoms with van der Waals surface area (Å²) >= 11 is 0. The van der Waals surface area contributed by atoms with E-state index in [9.17, 15) is 4.79 Å². The van der Waals surface area contributed by atoms with Gasteiger partial charge < -0.3 is 9.15 Å². The Kier molecular flexibility index (Phi) is 4.61. The summed E-state index contributed by atoms with van der Waals surface area (Å²) in [5.41, 5.74) is 1.48. The van der Waals surface area contributed by atoms with Crippen LogP contribution in [-0.2, 0) is 13.7 Å². The Balaban J connectivity index is 1.60. The summed E-state index contributed by atoms with van der Waals surface area (Å²) < 4.78 is 13.0. The number of ether oxygens (including phenoxy) is 1. The van der Waals surface area contributed by atoms with Crippen LogP contribution in [0.4, 0.5) is 0 Å². The first kappa shape index (κ1) is 15.8. The van der Waals surface area contributed by atoms with Crippen LogP contribution < -0.4 is 4.74 Å². The monoisotopic (exact) mass is 322 g/mol. The number of nitrogens with zero attached hydrogens (tertiary/aromatic N) is 2. The number of para-hydroxylation sites is 1. The van der Waals surface area contributed by atoms with Crippen LogP contribution >= 0.6 is 0 Å². The zero-order valence-corrected chi connectivity index (χ0v) is 13.6. The zero-order chi connectivity index (χ0) is 16.9. The van der Waals surface area contributed by atoms with Gasteiger partial charge in [-0.15, -0.1) is 0 Å². The molecule has 0 aliphatic rings. The number of carbonyl (C=O) groups excluding carboxylic acids is 1. The van der Waals surface area contributed by atoms with Crippen molar-refractivity contribution in [2.24, 2.45) is 7.05 Å². The second-order valence-electron chi connectivity index (χ2n) is 5.43. The maximum atomic E-state index is 12.0. The standard InChI is InChI=1S/C19H18N2O3/c1-14-5-3-4-6-19(14)23-13-16-8-7-15(24-16)9-10-18(22)17-11-12-21(2)20-17/h3-12H,13H2,1-2H3/b10-9+. The predicted octanol–water partition coefficient (Wildman–Crippen LogP) is 3.80. The molecule has 0 atom stereocenters. The van der Waals surface area contributed by atoms with Gasteiger partial charge in [-0.05, 0) is 48.9 Å².